The molecule has 6 heteroatoms. The molecule has 1 aromatic heterocycles. The highest BCUT2D eigenvalue weighted by atomic mass is 35.5. The molecule has 2 aromatic carbocycles. The number of pyridine rings is 1. The van der Waals surface area contributed by atoms with Gasteiger partial charge in [-0.1, -0.05) is 35.7 Å². The van der Waals surface area contributed by atoms with E-state index in [1.54, 1.807) is 36.4 Å². The topological polar surface area (TPSA) is 77.2 Å². The zero-order valence-corrected chi connectivity index (χ0v) is 15.9. The Kier molecular flexibility index (Phi) is 5.83. The highest BCUT2D eigenvalue weighted by Gasteiger charge is 2.13. The van der Waals surface area contributed by atoms with Crippen molar-refractivity contribution < 1.29 is 9.53 Å². The molecule has 140 valence electrons. The molecule has 1 amide bonds. The van der Waals surface area contributed by atoms with Crippen molar-refractivity contribution in [1.29, 1.82) is 0 Å². The number of hydrogen-bond donors (Lipinski definition) is 2. The molecule has 3 rings (SSSR count). The Labute approximate surface area is 168 Å². The fourth-order valence-corrected chi connectivity index (χ4v) is 2.75. The van der Waals surface area contributed by atoms with E-state index in [2.05, 4.69) is 16.2 Å². The van der Waals surface area contributed by atoms with Gasteiger partial charge in [-0.15, -0.1) is 6.42 Å². The summed E-state index contributed by atoms with van der Waals surface area (Å²) in [5, 5.41) is 3.30. The van der Waals surface area contributed by atoms with Crippen LogP contribution in [0, 0.1) is 12.3 Å². The lowest BCUT2D eigenvalue weighted by Gasteiger charge is -2.17. The number of aromatic nitrogens is 1. The van der Waals surface area contributed by atoms with Crippen LogP contribution in [-0.4, -0.2) is 10.9 Å². The molecule has 0 bridgehead atoms. The summed E-state index contributed by atoms with van der Waals surface area (Å²) >= 11 is 5.95. The minimum Gasteiger partial charge on any atom is -0.482 e. The zero-order valence-electron chi connectivity index (χ0n) is 15.1. The number of carbonyl (C=O) groups excluding carboxylic acids is 1. The van der Waals surface area contributed by atoms with E-state index in [1.807, 2.05) is 25.1 Å². The van der Waals surface area contributed by atoms with Crippen LogP contribution in [0.5, 0.6) is 5.75 Å². The third-order valence-corrected chi connectivity index (χ3v) is 4.26. The van der Waals surface area contributed by atoms with Gasteiger partial charge in [0.1, 0.15) is 6.10 Å². The number of hydrogen-bond acceptors (Lipinski definition) is 4. The Balaban J connectivity index is 1.75. The second kappa shape index (κ2) is 8.47. The number of carbonyl (C=O) groups is 1. The number of nitrogens with two attached hydrogens (primary N) is 1. The molecule has 0 aliphatic heterocycles. The molecule has 0 saturated heterocycles. The highest BCUT2D eigenvalue weighted by molar-refractivity contribution is 6.30. The third kappa shape index (κ3) is 4.61. The number of amides is 1. The number of ether oxygens (including phenoxy) is 1. The molecule has 0 unspecified atom stereocenters. The lowest BCUT2D eigenvalue weighted by Crippen LogP contribution is -2.13. The monoisotopic (exact) mass is 391 g/mol. The van der Waals surface area contributed by atoms with Crippen LogP contribution in [0.15, 0.2) is 60.8 Å². The van der Waals surface area contributed by atoms with Crippen molar-refractivity contribution in [3.8, 4) is 18.1 Å². The van der Waals surface area contributed by atoms with E-state index in [0.717, 1.165) is 5.56 Å². The van der Waals surface area contributed by atoms with Gasteiger partial charge >= 0.3 is 0 Å². The van der Waals surface area contributed by atoms with E-state index in [-0.39, 0.29) is 17.8 Å². The Hall–Kier alpha value is -3.49. The Morgan fingerprint density at radius 1 is 1.25 bits per heavy atom. The SMILES string of the molecule is C#Cc1cccc(C(=O)Nc2cccc([C@H](C)Oc3cc(Cl)cnc3N)c2)c1. The van der Waals surface area contributed by atoms with E-state index in [4.69, 9.17) is 28.5 Å². The normalized spacial score (nSPS) is 11.3. The number of nitrogens with one attached hydrogen (secondary N) is 1. The van der Waals surface area contributed by atoms with E-state index >= 15 is 0 Å². The molecule has 3 aromatic rings. The number of rotatable bonds is 5. The van der Waals surface area contributed by atoms with E-state index in [9.17, 15) is 4.79 Å². The lowest BCUT2D eigenvalue weighted by atomic mass is 10.1. The summed E-state index contributed by atoms with van der Waals surface area (Å²) in [5.74, 6) is 2.94. The average Bonchev–Trinajstić information content (AvgIpc) is 2.71. The van der Waals surface area contributed by atoms with Crippen LogP contribution in [-0.2, 0) is 0 Å². The predicted octanol–water partition coefficient (Wildman–Crippen LogP) is 4.69. The van der Waals surface area contributed by atoms with Crippen LogP contribution >= 0.6 is 11.6 Å². The number of nitrogens with zero attached hydrogens (tertiary/aromatic N) is 1. The quantitative estimate of drug-likeness (QED) is 0.618. The Bertz CT molecular complexity index is 1060. The zero-order chi connectivity index (χ0) is 20.1. The molecule has 1 atom stereocenters. The molecule has 0 aliphatic carbocycles. The summed E-state index contributed by atoms with van der Waals surface area (Å²) in [6, 6.07) is 15.9. The lowest BCUT2D eigenvalue weighted by molar-refractivity contribution is 0.102. The number of benzene rings is 2. The van der Waals surface area contributed by atoms with Crippen LogP contribution < -0.4 is 15.8 Å². The van der Waals surface area contributed by atoms with Gasteiger partial charge in [-0.05, 0) is 42.8 Å². The van der Waals surface area contributed by atoms with Gasteiger partial charge in [-0.2, -0.15) is 0 Å². The van der Waals surface area contributed by atoms with Gasteiger partial charge in [0.15, 0.2) is 11.6 Å². The standard InChI is InChI=1S/C22H18ClN3O2/c1-3-15-6-4-8-17(10-15)22(27)26-19-9-5-7-16(11-19)14(2)28-20-12-18(23)13-25-21(20)24/h1,4-14H,2H3,(H2,24,25)(H,26,27)/t14-/m0/s1. The van der Waals surface area contributed by atoms with Crippen LogP contribution in [0.4, 0.5) is 11.5 Å². The fourth-order valence-electron chi connectivity index (χ4n) is 2.61. The molecule has 0 spiro atoms. The molecule has 0 radical (unpaired) electrons. The minimum atomic E-state index is -0.329. The second-order valence-corrected chi connectivity index (χ2v) is 6.54. The van der Waals surface area contributed by atoms with Gasteiger partial charge in [0.2, 0.25) is 0 Å². The first-order valence-corrected chi connectivity index (χ1v) is 8.89. The average molecular weight is 392 g/mol. The van der Waals surface area contributed by atoms with Crippen molar-refractivity contribution >= 4 is 29.0 Å². The largest absolute Gasteiger partial charge is 0.482 e. The Morgan fingerprint density at radius 3 is 2.82 bits per heavy atom. The molecule has 0 fully saturated rings. The maximum atomic E-state index is 12.5. The van der Waals surface area contributed by atoms with Crippen molar-refractivity contribution in [3.63, 3.8) is 0 Å². The van der Waals surface area contributed by atoms with Crippen LogP contribution in [0.2, 0.25) is 5.02 Å². The highest BCUT2D eigenvalue weighted by Crippen LogP contribution is 2.29. The van der Waals surface area contributed by atoms with Crippen LogP contribution in [0.25, 0.3) is 0 Å². The molecular weight excluding hydrogens is 374 g/mol. The summed E-state index contributed by atoms with van der Waals surface area (Å²) in [6.45, 7) is 1.87. The van der Waals surface area contributed by atoms with Crippen molar-refractivity contribution in [2.24, 2.45) is 0 Å². The van der Waals surface area contributed by atoms with Gasteiger partial charge in [0, 0.05) is 29.1 Å². The van der Waals surface area contributed by atoms with Crippen molar-refractivity contribution in [2.45, 2.75) is 13.0 Å². The molecule has 0 aliphatic rings. The predicted molar refractivity (Wildman–Crippen MR) is 111 cm³/mol. The second-order valence-electron chi connectivity index (χ2n) is 6.10. The van der Waals surface area contributed by atoms with Gasteiger partial charge in [-0.25, -0.2) is 4.98 Å². The molecule has 28 heavy (non-hydrogen) atoms. The third-order valence-electron chi connectivity index (χ3n) is 4.06. The first-order valence-electron chi connectivity index (χ1n) is 8.52. The van der Waals surface area contributed by atoms with Gasteiger partial charge in [-0.3, -0.25) is 4.79 Å². The first-order chi connectivity index (χ1) is 13.5. The minimum absolute atomic E-state index is 0.244. The molecule has 3 N–H and O–H groups in total. The summed E-state index contributed by atoms with van der Waals surface area (Å²) in [7, 11) is 0. The number of halogens is 1. The van der Waals surface area contributed by atoms with Crippen LogP contribution in [0.3, 0.4) is 0 Å². The van der Waals surface area contributed by atoms with Gasteiger partial charge < -0.3 is 15.8 Å². The van der Waals surface area contributed by atoms with E-state index in [0.29, 0.717) is 27.6 Å². The first kappa shape index (κ1) is 19.3. The number of terminal acetylenes is 1. The van der Waals surface area contributed by atoms with Gasteiger partial charge in [0.05, 0.1) is 5.02 Å². The maximum absolute atomic E-state index is 12.5. The van der Waals surface area contributed by atoms with Crippen molar-refractivity contribution in [1.82, 2.24) is 4.98 Å². The smallest absolute Gasteiger partial charge is 0.255 e. The molecule has 5 nitrogen and oxygen atoms in total. The number of anilines is 2. The summed E-state index contributed by atoms with van der Waals surface area (Å²) in [6.07, 6.45) is 6.52. The molecule has 0 saturated carbocycles. The summed E-state index contributed by atoms with van der Waals surface area (Å²) in [4.78, 5) is 16.5. The maximum Gasteiger partial charge on any atom is 0.255 e. The van der Waals surface area contributed by atoms with E-state index < -0.39 is 0 Å². The van der Waals surface area contributed by atoms with Crippen molar-refractivity contribution in [3.05, 3.63) is 82.5 Å². The molecule has 1 heterocycles. The van der Waals surface area contributed by atoms with Crippen molar-refractivity contribution in [2.75, 3.05) is 11.1 Å². The van der Waals surface area contributed by atoms with Crippen LogP contribution in [0.1, 0.15) is 34.5 Å². The number of nitrogen functional groups attached to an aromatic ring is 1. The van der Waals surface area contributed by atoms with E-state index in [1.165, 1.54) is 6.20 Å². The summed E-state index contributed by atoms with van der Waals surface area (Å²) < 4.78 is 5.88. The summed E-state index contributed by atoms with van der Waals surface area (Å²) in [5.41, 5.74) is 8.47. The molecular formula is C22H18ClN3O2. The fraction of sp³-hybridized carbons (Fsp3) is 0.0909. The van der Waals surface area contributed by atoms with Gasteiger partial charge in [0.25, 0.3) is 5.91 Å². The Morgan fingerprint density at radius 2 is 2.04 bits per heavy atom.